The lowest BCUT2D eigenvalue weighted by Gasteiger charge is -2.40. The van der Waals surface area contributed by atoms with E-state index < -0.39 is 30.4 Å². The summed E-state index contributed by atoms with van der Waals surface area (Å²) < 4.78 is 53.5. The van der Waals surface area contributed by atoms with Gasteiger partial charge in [0.15, 0.2) is 0 Å². The highest BCUT2D eigenvalue weighted by Gasteiger charge is 2.47. The van der Waals surface area contributed by atoms with E-state index in [-0.39, 0.29) is 29.5 Å². The molecule has 0 bridgehead atoms. The van der Waals surface area contributed by atoms with E-state index in [1.165, 1.54) is 29.9 Å². The van der Waals surface area contributed by atoms with E-state index in [1.807, 2.05) is 0 Å². The van der Waals surface area contributed by atoms with Crippen LogP contribution in [0.4, 0.5) is 24.9 Å². The maximum atomic E-state index is 14.0. The van der Waals surface area contributed by atoms with Gasteiger partial charge in [-0.3, -0.25) is 9.36 Å². The van der Waals surface area contributed by atoms with E-state index in [9.17, 15) is 23.1 Å². The lowest BCUT2D eigenvalue weighted by molar-refractivity contribution is -0.153. The summed E-state index contributed by atoms with van der Waals surface area (Å²) in [6, 6.07) is 3.97. The Morgan fingerprint density at radius 1 is 1.27 bits per heavy atom. The molecule has 0 spiro atoms. The number of rotatable bonds is 5. The van der Waals surface area contributed by atoms with Crippen LogP contribution in [0.25, 0.3) is 0 Å². The molecule has 8 nitrogen and oxygen atoms in total. The van der Waals surface area contributed by atoms with Crippen molar-refractivity contribution in [2.75, 3.05) is 49.8 Å². The summed E-state index contributed by atoms with van der Waals surface area (Å²) in [7, 11) is 1.45. The molecule has 2 aliphatic rings. The number of aliphatic hydroxyl groups is 1. The van der Waals surface area contributed by atoms with Gasteiger partial charge >= 0.3 is 6.18 Å². The minimum absolute atomic E-state index is 0.120. The molecule has 1 aromatic heterocycles. The molecule has 4 rings (SSSR count). The van der Waals surface area contributed by atoms with Crippen LogP contribution in [0.5, 0.6) is 5.75 Å². The van der Waals surface area contributed by atoms with E-state index in [4.69, 9.17) is 21.1 Å². The average molecular weight is 489 g/mol. The predicted octanol–water partition coefficient (Wildman–Crippen LogP) is 2.62. The Hall–Kier alpha value is -2.50. The van der Waals surface area contributed by atoms with Crippen LogP contribution in [0.2, 0.25) is 5.02 Å². The molecule has 0 saturated carbocycles. The topological polar surface area (TPSA) is 80.1 Å². The fourth-order valence-electron chi connectivity index (χ4n) is 4.15. The minimum atomic E-state index is -4.58. The molecule has 2 unspecified atom stereocenters. The van der Waals surface area contributed by atoms with E-state index in [0.717, 1.165) is 4.90 Å². The highest BCUT2D eigenvalue weighted by molar-refractivity contribution is 6.31. The maximum absolute atomic E-state index is 14.0. The van der Waals surface area contributed by atoms with Crippen molar-refractivity contribution in [3.63, 3.8) is 0 Å². The van der Waals surface area contributed by atoms with E-state index in [2.05, 4.69) is 4.98 Å². The van der Waals surface area contributed by atoms with Crippen LogP contribution in [0.3, 0.4) is 0 Å². The number of fused-ring (bicyclic) bond motifs is 1. The van der Waals surface area contributed by atoms with Gasteiger partial charge in [-0.05, 0) is 18.6 Å². The van der Waals surface area contributed by atoms with Crippen molar-refractivity contribution in [1.29, 1.82) is 0 Å². The van der Waals surface area contributed by atoms with E-state index >= 15 is 0 Å². The summed E-state index contributed by atoms with van der Waals surface area (Å²) in [5.74, 6) is 0.622. The number of β-amino-alcohol motifs (C(OH)–C–C–N with tert-alkyl or cyclic N) is 1. The number of anilines is 2. The van der Waals surface area contributed by atoms with Crippen LogP contribution in [0.15, 0.2) is 29.1 Å². The molecule has 2 aromatic rings. The normalized spacial score (nSPS) is 19.9. The third-order valence-electron chi connectivity index (χ3n) is 5.88. The zero-order chi connectivity index (χ0) is 23.8. The van der Waals surface area contributed by atoms with Gasteiger partial charge in [0.1, 0.15) is 17.6 Å². The second-order valence-electron chi connectivity index (χ2n) is 7.91. The molecule has 2 aliphatic heterocycles. The average Bonchev–Trinajstić information content (AvgIpc) is 2.79. The molecule has 1 N–H and O–H groups in total. The Balaban J connectivity index is 1.72. The van der Waals surface area contributed by atoms with Gasteiger partial charge in [0.25, 0.3) is 5.56 Å². The molecule has 2 atom stereocenters. The molecule has 1 saturated heterocycles. The highest BCUT2D eigenvalue weighted by atomic mass is 35.5. The van der Waals surface area contributed by atoms with Crippen molar-refractivity contribution in [2.45, 2.75) is 31.3 Å². The molecule has 180 valence electrons. The second kappa shape index (κ2) is 9.40. The summed E-state index contributed by atoms with van der Waals surface area (Å²) in [5, 5.41) is 11.0. The molecule has 3 heterocycles. The Morgan fingerprint density at radius 2 is 2.00 bits per heavy atom. The van der Waals surface area contributed by atoms with Crippen LogP contribution in [-0.2, 0) is 11.3 Å². The highest BCUT2D eigenvalue weighted by Crippen LogP contribution is 2.36. The minimum Gasteiger partial charge on any atom is -0.497 e. The first-order valence-electron chi connectivity index (χ1n) is 10.5. The molecule has 1 fully saturated rings. The van der Waals surface area contributed by atoms with Crippen LogP contribution >= 0.6 is 11.6 Å². The SMILES string of the molecule is COc1ccc(C(O)CN2c3nc(N4CCOCC4)cc(=O)n3CCC2C(F)(F)F)c(Cl)c1. The number of halogens is 4. The Morgan fingerprint density at radius 3 is 2.64 bits per heavy atom. The van der Waals surface area contributed by atoms with Gasteiger partial charge in [0.05, 0.1) is 38.0 Å². The molecule has 0 amide bonds. The van der Waals surface area contributed by atoms with Gasteiger partial charge in [-0.2, -0.15) is 18.2 Å². The third-order valence-corrected chi connectivity index (χ3v) is 6.21. The maximum Gasteiger partial charge on any atom is 0.408 e. The molecular weight excluding hydrogens is 465 g/mol. The van der Waals surface area contributed by atoms with Gasteiger partial charge in [-0.1, -0.05) is 17.7 Å². The van der Waals surface area contributed by atoms with Crippen molar-refractivity contribution >= 4 is 23.4 Å². The van der Waals surface area contributed by atoms with Crippen molar-refractivity contribution < 1.29 is 27.8 Å². The smallest absolute Gasteiger partial charge is 0.408 e. The lowest BCUT2D eigenvalue weighted by atomic mass is 10.1. The molecule has 0 radical (unpaired) electrons. The van der Waals surface area contributed by atoms with Crippen LogP contribution in [0, 0.1) is 0 Å². The Labute approximate surface area is 193 Å². The number of aliphatic hydroxyl groups excluding tert-OH is 1. The molecule has 12 heteroatoms. The largest absolute Gasteiger partial charge is 0.497 e. The summed E-state index contributed by atoms with van der Waals surface area (Å²) in [5.41, 5.74) is -0.189. The first-order valence-corrected chi connectivity index (χ1v) is 10.9. The van der Waals surface area contributed by atoms with E-state index in [1.54, 1.807) is 11.0 Å². The fraction of sp³-hybridized carbons (Fsp3) is 0.524. The molecule has 0 aliphatic carbocycles. The number of methoxy groups -OCH3 is 1. The van der Waals surface area contributed by atoms with Crippen molar-refractivity contribution in [2.24, 2.45) is 0 Å². The molecular formula is C21H24ClF3N4O4. The zero-order valence-electron chi connectivity index (χ0n) is 17.9. The third kappa shape index (κ3) is 4.90. The number of alkyl halides is 3. The summed E-state index contributed by atoms with van der Waals surface area (Å²) >= 11 is 6.23. The Kier molecular flexibility index (Phi) is 6.73. The number of hydrogen-bond donors (Lipinski definition) is 1. The van der Waals surface area contributed by atoms with Gasteiger partial charge in [0.2, 0.25) is 5.95 Å². The lowest BCUT2D eigenvalue weighted by Crippen LogP contribution is -2.54. The van der Waals surface area contributed by atoms with Gasteiger partial charge in [-0.25, -0.2) is 0 Å². The van der Waals surface area contributed by atoms with Crippen LogP contribution < -0.4 is 20.1 Å². The number of hydrogen-bond acceptors (Lipinski definition) is 7. The quantitative estimate of drug-likeness (QED) is 0.693. The van der Waals surface area contributed by atoms with Gasteiger partial charge in [0, 0.05) is 31.3 Å². The monoisotopic (exact) mass is 488 g/mol. The van der Waals surface area contributed by atoms with Crippen LogP contribution in [-0.4, -0.2) is 66.8 Å². The number of morpholine rings is 1. The van der Waals surface area contributed by atoms with Crippen molar-refractivity contribution in [1.82, 2.24) is 9.55 Å². The second-order valence-corrected chi connectivity index (χ2v) is 8.31. The molecule has 33 heavy (non-hydrogen) atoms. The van der Waals surface area contributed by atoms with Gasteiger partial charge in [-0.15, -0.1) is 0 Å². The van der Waals surface area contributed by atoms with Crippen LogP contribution in [0.1, 0.15) is 18.1 Å². The first-order chi connectivity index (χ1) is 15.7. The fourth-order valence-corrected chi connectivity index (χ4v) is 4.45. The zero-order valence-corrected chi connectivity index (χ0v) is 18.6. The first kappa shape index (κ1) is 23.7. The number of ether oxygens (including phenoxy) is 2. The Bertz CT molecular complexity index is 1060. The number of aromatic nitrogens is 2. The number of benzene rings is 1. The van der Waals surface area contributed by atoms with Crippen molar-refractivity contribution in [3.05, 3.63) is 45.2 Å². The van der Waals surface area contributed by atoms with E-state index in [0.29, 0.717) is 37.9 Å². The standard InChI is InChI=1S/C21H24ClF3N4O4/c1-32-13-2-3-14(15(22)10-13)16(30)12-29-17(21(23,24)25)4-5-28-19(31)11-18(26-20(28)29)27-6-8-33-9-7-27/h2-3,10-11,16-17,30H,4-9,12H2,1H3. The molecule has 1 aromatic carbocycles. The number of nitrogens with zero attached hydrogens (tertiary/aromatic N) is 4. The van der Waals surface area contributed by atoms with Crippen molar-refractivity contribution in [3.8, 4) is 5.75 Å². The summed E-state index contributed by atoms with van der Waals surface area (Å²) in [6.45, 7) is 1.25. The predicted molar refractivity (Wildman–Crippen MR) is 116 cm³/mol. The van der Waals surface area contributed by atoms with Gasteiger partial charge < -0.3 is 24.4 Å². The summed E-state index contributed by atoms with van der Waals surface area (Å²) in [4.78, 5) is 20.0. The summed E-state index contributed by atoms with van der Waals surface area (Å²) in [6.07, 6.45) is -6.27.